The lowest BCUT2D eigenvalue weighted by atomic mass is 10.2. The van der Waals surface area contributed by atoms with Gasteiger partial charge in [0.2, 0.25) is 17.5 Å². The highest BCUT2D eigenvalue weighted by Crippen LogP contribution is 2.30. The molecule has 0 aliphatic carbocycles. The van der Waals surface area contributed by atoms with E-state index in [1.54, 1.807) is 35.1 Å². The van der Waals surface area contributed by atoms with Crippen LogP contribution in [0, 0.1) is 0 Å². The molecule has 284 valence electrons. The summed E-state index contributed by atoms with van der Waals surface area (Å²) in [6, 6.07) is 29.5. The second-order valence-electron chi connectivity index (χ2n) is 12.0. The Hall–Kier alpha value is -7.25. The fourth-order valence-electron chi connectivity index (χ4n) is 5.62. The normalized spacial score (nSPS) is 11.1. The van der Waals surface area contributed by atoms with E-state index in [2.05, 4.69) is 50.9 Å². The number of pyridine rings is 2. The molecule has 8 heterocycles. The van der Waals surface area contributed by atoms with Crippen molar-refractivity contribution in [1.29, 1.82) is 0 Å². The zero-order valence-corrected chi connectivity index (χ0v) is 30.3. The van der Waals surface area contributed by atoms with Crippen LogP contribution in [0.3, 0.4) is 0 Å². The van der Waals surface area contributed by atoms with Gasteiger partial charge in [-0.2, -0.15) is 14.1 Å². The molecular formula is C38H29ClN12O6. The highest BCUT2D eigenvalue weighted by Gasteiger charge is 2.20. The van der Waals surface area contributed by atoms with Gasteiger partial charge in [-0.3, -0.25) is 9.97 Å². The van der Waals surface area contributed by atoms with Crippen molar-refractivity contribution < 1.29 is 29.1 Å². The molecule has 10 aromatic rings. The van der Waals surface area contributed by atoms with Gasteiger partial charge >= 0.3 is 0 Å². The largest absolute Gasteiger partial charge is 0.470 e. The van der Waals surface area contributed by atoms with Gasteiger partial charge in [0.15, 0.2) is 39.4 Å². The van der Waals surface area contributed by atoms with E-state index in [0.29, 0.717) is 62.6 Å². The lowest BCUT2D eigenvalue weighted by Crippen LogP contribution is -2.04. The molecule has 0 saturated carbocycles. The quantitative estimate of drug-likeness (QED) is 0.183. The molecule has 0 amide bonds. The van der Waals surface area contributed by atoms with Crippen LogP contribution in [0.5, 0.6) is 5.88 Å². The molecule has 0 aliphatic rings. The Labute approximate surface area is 325 Å². The Morgan fingerprint density at radius 2 is 1.07 bits per heavy atom. The van der Waals surface area contributed by atoms with Crippen molar-refractivity contribution in [2.45, 2.75) is 26.4 Å². The van der Waals surface area contributed by atoms with E-state index in [9.17, 15) is 5.11 Å². The molecule has 0 radical (unpaired) electrons. The third kappa shape index (κ3) is 7.68. The molecule has 3 N–H and O–H groups in total. The number of ether oxygens (including phenoxy) is 1. The van der Waals surface area contributed by atoms with E-state index in [1.165, 1.54) is 4.52 Å². The lowest BCUT2D eigenvalue weighted by molar-refractivity contribution is 0.229. The first-order valence-electron chi connectivity index (χ1n) is 17.2. The second-order valence-corrected chi connectivity index (χ2v) is 12.3. The lowest BCUT2D eigenvalue weighted by Gasteiger charge is -2.09. The van der Waals surface area contributed by atoms with Crippen LogP contribution in [0.4, 0.5) is 0 Å². The zero-order chi connectivity index (χ0) is 39.1. The molecule has 19 heteroatoms. The highest BCUT2D eigenvalue weighted by atomic mass is 35.5. The number of benzene rings is 2. The first kappa shape index (κ1) is 36.7. The molecule has 0 atom stereocenters. The van der Waals surface area contributed by atoms with Crippen molar-refractivity contribution in [3.63, 3.8) is 0 Å². The predicted octanol–water partition coefficient (Wildman–Crippen LogP) is 5.05. The monoisotopic (exact) mass is 784 g/mol. The van der Waals surface area contributed by atoms with Crippen LogP contribution in [0.1, 0.15) is 22.9 Å². The average molecular weight is 785 g/mol. The zero-order valence-electron chi connectivity index (χ0n) is 29.5. The summed E-state index contributed by atoms with van der Waals surface area (Å²) < 4.78 is 19.1. The standard InChI is InChI=1S/C19H14N6O3.C13H8ClN5O2.C6H7NO/c26-10-13-9-16(24-28-13)18-22-21-17-14-6-1-2-7-15(14)19(23-25(17)18)27-11-12-5-3-4-8-20-12;14-11-8-3-1-2-4-9(8)12-15-16-13(19(12)17-11)10-5-7(6-20)21-18-10;8-5-6-3-1-2-4-7-6/h1-9,26H,10-11H2;1-5,20H,6H2;1-4,8H,5H2. The third-order valence-electron chi connectivity index (χ3n) is 8.31. The van der Waals surface area contributed by atoms with Crippen LogP contribution in [0.2, 0.25) is 5.15 Å². The number of hydrogen-bond donors (Lipinski definition) is 3. The molecule has 0 spiro atoms. The summed E-state index contributed by atoms with van der Waals surface area (Å²) in [7, 11) is 0. The van der Waals surface area contributed by atoms with Crippen molar-refractivity contribution in [3.05, 3.63) is 138 Å². The first-order valence-corrected chi connectivity index (χ1v) is 17.5. The van der Waals surface area contributed by atoms with E-state index in [-0.39, 0.29) is 26.4 Å². The number of hydrogen-bond acceptors (Lipinski definition) is 16. The number of fused-ring (bicyclic) bond motifs is 6. The van der Waals surface area contributed by atoms with Crippen LogP contribution >= 0.6 is 11.6 Å². The van der Waals surface area contributed by atoms with Crippen molar-refractivity contribution in [2.75, 3.05) is 0 Å². The van der Waals surface area contributed by atoms with Crippen molar-refractivity contribution in [2.24, 2.45) is 0 Å². The summed E-state index contributed by atoms with van der Waals surface area (Å²) in [5, 5.41) is 63.7. The Balaban J connectivity index is 0.000000137. The van der Waals surface area contributed by atoms with Gasteiger partial charge in [0, 0.05) is 46.1 Å². The number of rotatable bonds is 8. The van der Waals surface area contributed by atoms with Gasteiger partial charge in [-0.05, 0) is 30.3 Å². The van der Waals surface area contributed by atoms with Crippen LogP contribution in [0.25, 0.3) is 55.9 Å². The van der Waals surface area contributed by atoms with Gasteiger partial charge in [0.05, 0.1) is 18.0 Å². The number of nitrogens with zero attached hydrogens (tertiary/aromatic N) is 12. The average Bonchev–Trinajstić information content (AvgIpc) is 4.11. The van der Waals surface area contributed by atoms with E-state index >= 15 is 0 Å². The van der Waals surface area contributed by atoms with E-state index < -0.39 is 0 Å². The van der Waals surface area contributed by atoms with E-state index in [0.717, 1.165) is 27.2 Å². The Kier molecular flexibility index (Phi) is 10.7. The minimum absolute atomic E-state index is 0.0286. The molecule has 0 bridgehead atoms. The first-order chi connectivity index (χ1) is 28.0. The fraction of sp³-hybridized carbons (Fsp3) is 0.105. The maximum absolute atomic E-state index is 9.21. The second kappa shape index (κ2) is 16.6. The van der Waals surface area contributed by atoms with Gasteiger partial charge < -0.3 is 29.1 Å². The molecular weight excluding hydrogens is 756 g/mol. The number of halogens is 1. The van der Waals surface area contributed by atoms with Crippen LogP contribution in [-0.2, 0) is 26.4 Å². The van der Waals surface area contributed by atoms with Crippen molar-refractivity contribution in [3.8, 4) is 28.9 Å². The molecule has 10 rings (SSSR count). The van der Waals surface area contributed by atoms with E-state index in [4.69, 9.17) is 35.6 Å². The van der Waals surface area contributed by atoms with Crippen LogP contribution in [-0.4, -0.2) is 75.2 Å². The molecule has 0 aliphatic heterocycles. The van der Waals surface area contributed by atoms with Crippen molar-refractivity contribution >= 4 is 44.4 Å². The third-order valence-corrected chi connectivity index (χ3v) is 8.59. The minimum atomic E-state index is -0.251. The van der Waals surface area contributed by atoms with E-state index in [1.807, 2.05) is 78.9 Å². The molecule has 2 aromatic carbocycles. The fourth-order valence-corrected chi connectivity index (χ4v) is 5.86. The number of aliphatic hydroxyl groups is 3. The Morgan fingerprint density at radius 3 is 1.58 bits per heavy atom. The summed E-state index contributed by atoms with van der Waals surface area (Å²) in [5.74, 6) is 1.90. The summed E-state index contributed by atoms with van der Waals surface area (Å²) in [4.78, 5) is 8.12. The Bertz CT molecular complexity index is 2920. The summed E-state index contributed by atoms with van der Waals surface area (Å²) >= 11 is 6.21. The summed E-state index contributed by atoms with van der Waals surface area (Å²) in [6.07, 6.45) is 3.38. The van der Waals surface area contributed by atoms with Gasteiger partial charge in [-0.25, -0.2) is 0 Å². The summed E-state index contributed by atoms with van der Waals surface area (Å²) in [6.45, 7) is -0.181. The van der Waals surface area contributed by atoms with Gasteiger partial charge in [-0.1, -0.05) is 76.5 Å². The number of aliphatic hydroxyl groups excluding tert-OH is 3. The summed E-state index contributed by atoms with van der Waals surface area (Å²) in [5.41, 5.74) is 3.53. The molecule has 0 saturated heterocycles. The van der Waals surface area contributed by atoms with Gasteiger partial charge in [0.25, 0.3) is 0 Å². The molecule has 18 nitrogen and oxygen atoms in total. The predicted molar refractivity (Wildman–Crippen MR) is 203 cm³/mol. The molecule has 0 unspecified atom stereocenters. The van der Waals surface area contributed by atoms with Gasteiger partial charge in [-0.15, -0.1) is 25.5 Å². The van der Waals surface area contributed by atoms with Crippen LogP contribution in [0.15, 0.2) is 119 Å². The molecule has 57 heavy (non-hydrogen) atoms. The molecule has 0 fully saturated rings. The topological polar surface area (TPSA) is 234 Å². The smallest absolute Gasteiger partial charge is 0.240 e. The van der Waals surface area contributed by atoms with Crippen LogP contribution < -0.4 is 4.74 Å². The van der Waals surface area contributed by atoms with Crippen molar-refractivity contribution in [1.82, 2.24) is 59.9 Å². The minimum Gasteiger partial charge on any atom is -0.470 e. The molecule has 8 aromatic heterocycles. The SMILES string of the molecule is OCc1cc(-c2nnc3c4ccccc4c(Cl)nn23)no1.OCc1cc(-c2nnc3c4ccccc4c(OCc4ccccn4)nn23)no1.OCc1ccccn1. The number of aromatic nitrogens is 12. The Morgan fingerprint density at radius 1 is 0.561 bits per heavy atom. The van der Waals surface area contributed by atoms with Gasteiger partial charge in [0.1, 0.15) is 19.8 Å². The highest BCUT2D eigenvalue weighted by molar-refractivity contribution is 6.34. The maximum Gasteiger partial charge on any atom is 0.240 e. The maximum atomic E-state index is 9.21.